The van der Waals surface area contributed by atoms with Crippen molar-refractivity contribution in [1.29, 1.82) is 0 Å². The van der Waals surface area contributed by atoms with Gasteiger partial charge in [-0.3, -0.25) is 0 Å². The van der Waals surface area contributed by atoms with Crippen molar-refractivity contribution >= 4 is 17.6 Å². The number of nitrogens with zero attached hydrogens (tertiary/aromatic N) is 7. The molecule has 0 amide bonds. The lowest BCUT2D eigenvalue weighted by atomic mass is 10.2. The van der Waals surface area contributed by atoms with Crippen LogP contribution in [-0.4, -0.2) is 99.0 Å². The monoisotopic (exact) mass is 442 g/mol. The highest BCUT2D eigenvalue weighted by Gasteiger charge is 2.30. The Kier molecular flexibility index (Phi) is 6.33. The number of anilines is 3. The van der Waals surface area contributed by atoms with Crippen LogP contribution >= 0.6 is 0 Å². The minimum Gasteiger partial charge on any atom is -0.369 e. The molecule has 0 spiro atoms. The third-order valence-corrected chi connectivity index (χ3v) is 6.42. The van der Waals surface area contributed by atoms with E-state index in [9.17, 15) is 0 Å². The molecule has 5 rings (SSSR count). The maximum atomic E-state index is 15.6. The van der Waals surface area contributed by atoms with Crippen LogP contribution in [0.3, 0.4) is 0 Å². The summed E-state index contributed by atoms with van der Waals surface area (Å²) in [7, 11) is 2.09. The third kappa shape index (κ3) is 4.48. The molecule has 1 N–H and O–H groups in total. The Morgan fingerprint density at radius 3 is 2.41 bits per heavy atom. The van der Waals surface area contributed by atoms with Crippen LogP contribution in [0.5, 0.6) is 0 Å². The molecule has 172 valence electrons. The van der Waals surface area contributed by atoms with Crippen molar-refractivity contribution in [3.8, 4) is 0 Å². The summed E-state index contributed by atoms with van der Waals surface area (Å²) in [6, 6.07) is 5.96. The fourth-order valence-corrected chi connectivity index (χ4v) is 4.44. The van der Waals surface area contributed by atoms with Crippen molar-refractivity contribution in [1.82, 2.24) is 25.2 Å². The molecule has 2 aromatic heterocycles. The number of pyridine rings is 1. The number of aromatic nitrogens is 3. The standard InChI is InChI=1S/C22H31FN8O/c1-28-7-9-30(10-8-28)21-19(23)20(17-16-24-6-15-32-17)26-22(27-21)31-13-11-29(12-14-31)18-4-2-3-5-25-18/h2-5,17,24H,6-16H2,1H3. The Labute approximate surface area is 188 Å². The molecule has 0 aliphatic carbocycles. The van der Waals surface area contributed by atoms with E-state index in [0.717, 1.165) is 64.7 Å². The highest BCUT2D eigenvalue weighted by Crippen LogP contribution is 2.30. The topological polar surface area (TPSA) is 72.9 Å². The first-order valence-corrected chi connectivity index (χ1v) is 11.4. The van der Waals surface area contributed by atoms with Crippen molar-refractivity contribution < 1.29 is 9.13 Å². The Balaban J connectivity index is 1.40. The number of hydrogen-bond acceptors (Lipinski definition) is 9. The van der Waals surface area contributed by atoms with E-state index in [1.54, 1.807) is 0 Å². The molecule has 0 aromatic carbocycles. The van der Waals surface area contributed by atoms with Gasteiger partial charge in [0.25, 0.3) is 0 Å². The molecule has 32 heavy (non-hydrogen) atoms. The van der Waals surface area contributed by atoms with Gasteiger partial charge in [0.2, 0.25) is 5.95 Å². The molecule has 9 nitrogen and oxygen atoms in total. The Hall–Kier alpha value is -2.56. The Morgan fingerprint density at radius 1 is 0.969 bits per heavy atom. The molecule has 0 bridgehead atoms. The van der Waals surface area contributed by atoms with Crippen molar-refractivity contribution in [2.24, 2.45) is 0 Å². The molecule has 3 aliphatic heterocycles. The zero-order valence-corrected chi connectivity index (χ0v) is 18.6. The van der Waals surface area contributed by atoms with Crippen molar-refractivity contribution in [3.05, 3.63) is 35.9 Å². The summed E-state index contributed by atoms with van der Waals surface area (Å²) < 4.78 is 21.5. The molecule has 0 saturated carbocycles. The highest BCUT2D eigenvalue weighted by molar-refractivity contribution is 5.50. The van der Waals surface area contributed by atoms with Crippen LogP contribution in [-0.2, 0) is 4.74 Å². The number of hydrogen-bond donors (Lipinski definition) is 1. The maximum Gasteiger partial charge on any atom is 0.227 e. The second-order valence-corrected chi connectivity index (χ2v) is 8.56. The molecule has 5 heterocycles. The summed E-state index contributed by atoms with van der Waals surface area (Å²) in [5, 5.41) is 3.29. The van der Waals surface area contributed by atoms with Gasteiger partial charge in [-0.15, -0.1) is 0 Å². The van der Waals surface area contributed by atoms with Crippen LogP contribution < -0.4 is 20.0 Å². The first kappa shape index (κ1) is 21.3. The normalized spacial score (nSPS) is 22.9. The lowest BCUT2D eigenvalue weighted by Crippen LogP contribution is -2.48. The molecule has 2 aromatic rings. The summed E-state index contributed by atoms with van der Waals surface area (Å²) in [6.07, 6.45) is 1.42. The van der Waals surface area contributed by atoms with Crippen molar-refractivity contribution in [2.75, 3.05) is 93.8 Å². The fraction of sp³-hybridized carbons (Fsp3) is 0.591. The van der Waals surface area contributed by atoms with Gasteiger partial charge in [0.15, 0.2) is 11.6 Å². The van der Waals surface area contributed by atoms with E-state index in [1.807, 2.05) is 29.3 Å². The van der Waals surface area contributed by atoms with Gasteiger partial charge in [-0.25, -0.2) is 14.4 Å². The molecular weight excluding hydrogens is 411 g/mol. The first-order chi connectivity index (χ1) is 15.7. The van der Waals surface area contributed by atoms with E-state index in [0.29, 0.717) is 30.6 Å². The lowest BCUT2D eigenvalue weighted by molar-refractivity contribution is 0.0226. The number of ether oxygens (including phenoxy) is 1. The smallest absolute Gasteiger partial charge is 0.227 e. The van der Waals surface area contributed by atoms with Crippen LogP contribution in [0.2, 0.25) is 0 Å². The molecular formula is C22H31FN8O. The van der Waals surface area contributed by atoms with E-state index in [2.05, 4.69) is 32.0 Å². The van der Waals surface area contributed by atoms with Crippen LogP contribution in [0.4, 0.5) is 22.0 Å². The van der Waals surface area contributed by atoms with Gasteiger partial charge in [-0.1, -0.05) is 6.07 Å². The van der Waals surface area contributed by atoms with Gasteiger partial charge in [-0.2, -0.15) is 4.98 Å². The summed E-state index contributed by atoms with van der Waals surface area (Å²) in [4.78, 5) is 22.6. The number of likely N-dealkylation sites (N-methyl/N-ethyl adjacent to an activating group) is 1. The van der Waals surface area contributed by atoms with Gasteiger partial charge in [0.05, 0.1) is 6.61 Å². The second kappa shape index (κ2) is 9.51. The molecule has 3 aliphatic rings. The second-order valence-electron chi connectivity index (χ2n) is 8.56. The number of piperazine rings is 2. The number of rotatable bonds is 4. The molecule has 1 atom stereocenters. The van der Waals surface area contributed by atoms with Crippen LogP contribution in [0.25, 0.3) is 0 Å². The summed E-state index contributed by atoms with van der Waals surface area (Å²) >= 11 is 0. The van der Waals surface area contributed by atoms with Gasteiger partial charge >= 0.3 is 0 Å². The molecule has 3 saturated heterocycles. The molecule has 0 radical (unpaired) electrons. The van der Waals surface area contributed by atoms with E-state index >= 15 is 4.39 Å². The lowest BCUT2D eigenvalue weighted by Gasteiger charge is -2.37. The quantitative estimate of drug-likeness (QED) is 0.738. The zero-order valence-electron chi connectivity index (χ0n) is 18.6. The average molecular weight is 443 g/mol. The Bertz CT molecular complexity index is 894. The molecule has 3 fully saturated rings. The summed E-state index contributed by atoms with van der Waals surface area (Å²) in [5.41, 5.74) is 0.364. The highest BCUT2D eigenvalue weighted by atomic mass is 19.1. The van der Waals surface area contributed by atoms with Gasteiger partial charge in [0.1, 0.15) is 17.6 Å². The van der Waals surface area contributed by atoms with Gasteiger partial charge < -0.3 is 29.7 Å². The zero-order chi connectivity index (χ0) is 21.9. The van der Waals surface area contributed by atoms with Gasteiger partial charge in [0, 0.05) is 71.6 Å². The maximum absolute atomic E-state index is 15.6. The number of nitrogens with one attached hydrogen (secondary N) is 1. The van der Waals surface area contributed by atoms with Crippen molar-refractivity contribution in [3.63, 3.8) is 0 Å². The molecule has 1 unspecified atom stereocenters. The fourth-order valence-electron chi connectivity index (χ4n) is 4.44. The SMILES string of the molecule is CN1CCN(c2nc(N3CCN(c4ccccn4)CC3)nc(C3CNCCO3)c2F)CC1. The van der Waals surface area contributed by atoms with Crippen LogP contribution in [0, 0.1) is 5.82 Å². The van der Waals surface area contributed by atoms with Gasteiger partial charge in [-0.05, 0) is 19.2 Å². The Morgan fingerprint density at radius 2 is 1.72 bits per heavy atom. The van der Waals surface area contributed by atoms with Crippen molar-refractivity contribution in [2.45, 2.75) is 6.10 Å². The minimum absolute atomic E-state index is 0.348. The van der Waals surface area contributed by atoms with E-state index in [4.69, 9.17) is 14.7 Å². The third-order valence-electron chi connectivity index (χ3n) is 6.42. The summed E-state index contributed by atoms with van der Waals surface area (Å²) in [5.74, 6) is 1.62. The average Bonchev–Trinajstić information content (AvgIpc) is 2.86. The number of morpholine rings is 1. The van der Waals surface area contributed by atoms with Crippen LogP contribution in [0.15, 0.2) is 24.4 Å². The predicted molar refractivity (Wildman–Crippen MR) is 122 cm³/mol. The predicted octanol–water partition coefficient (Wildman–Crippen LogP) is 0.750. The van der Waals surface area contributed by atoms with E-state index in [-0.39, 0.29) is 5.82 Å². The molecule has 10 heteroatoms. The minimum atomic E-state index is -0.397. The van der Waals surface area contributed by atoms with Crippen LogP contribution in [0.1, 0.15) is 11.8 Å². The van der Waals surface area contributed by atoms with E-state index < -0.39 is 6.10 Å². The largest absolute Gasteiger partial charge is 0.369 e. The van der Waals surface area contributed by atoms with E-state index in [1.165, 1.54) is 0 Å². The number of halogens is 1. The summed E-state index contributed by atoms with van der Waals surface area (Å²) in [6.45, 7) is 8.31. The first-order valence-electron chi connectivity index (χ1n) is 11.4.